The van der Waals surface area contributed by atoms with Crippen molar-refractivity contribution in [3.05, 3.63) is 0 Å². The molecule has 0 aliphatic rings. The lowest BCUT2D eigenvalue weighted by molar-refractivity contribution is 0.182. The van der Waals surface area contributed by atoms with Crippen LogP contribution in [0, 0.1) is 5.92 Å². The number of rotatable bonds is 10. The first-order valence-electron chi connectivity index (χ1n) is 7.11. The molecule has 0 fully saturated rings. The van der Waals surface area contributed by atoms with E-state index in [1.54, 1.807) is 0 Å². The molecule has 0 aliphatic carbocycles. The van der Waals surface area contributed by atoms with Gasteiger partial charge in [0.15, 0.2) is 0 Å². The molecular weight excluding hydrogens is 212 g/mol. The first-order valence-corrected chi connectivity index (χ1v) is 7.11. The van der Waals surface area contributed by atoms with Crippen molar-refractivity contribution in [2.75, 3.05) is 26.2 Å². The van der Waals surface area contributed by atoms with Crippen molar-refractivity contribution in [3.63, 3.8) is 0 Å². The Morgan fingerprint density at radius 3 is 2.24 bits per heavy atom. The lowest BCUT2D eigenvalue weighted by atomic mass is 9.98. The van der Waals surface area contributed by atoms with E-state index < -0.39 is 5.54 Å². The molecule has 104 valence electrons. The van der Waals surface area contributed by atoms with Crippen LogP contribution in [0.2, 0.25) is 0 Å². The van der Waals surface area contributed by atoms with Crippen molar-refractivity contribution in [3.8, 4) is 0 Å². The average Bonchev–Trinajstić information content (AvgIpc) is 2.33. The summed E-state index contributed by atoms with van der Waals surface area (Å²) in [5.74, 6) is 0.817. The summed E-state index contributed by atoms with van der Waals surface area (Å²) < 4.78 is 0. The second-order valence-corrected chi connectivity index (χ2v) is 5.49. The molecule has 0 aliphatic heterocycles. The van der Waals surface area contributed by atoms with Crippen molar-refractivity contribution in [2.24, 2.45) is 11.7 Å². The summed E-state index contributed by atoms with van der Waals surface area (Å²) in [6.07, 6.45) is 4.49. The molecule has 0 rings (SSSR count). The van der Waals surface area contributed by atoms with Gasteiger partial charge in [0, 0.05) is 12.1 Å². The molecular formula is C14H32N2O. The van der Waals surface area contributed by atoms with Gasteiger partial charge in [-0.25, -0.2) is 0 Å². The van der Waals surface area contributed by atoms with E-state index in [9.17, 15) is 0 Å². The molecule has 0 spiro atoms. The topological polar surface area (TPSA) is 49.5 Å². The molecule has 3 nitrogen and oxygen atoms in total. The third kappa shape index (κ3) is 7.74. The molecule has 0 saturated heterocycles. The largest absolute Gasteiger partial charge is 0.394 e. The quantitative estimate of drug-likeness (QED) is 0.619. The van der Waals surface area contributed by atoms with E-state index in [2.05, 4.69) is 25.7 Å². The molecule has 0 bridgehead atoms. The van der Waals surface area contributed by atoms with Gasteiger partial charge in [-0.05, 0) is 38.8 Å². The summed E-state index contributed by atoms with van der Waals surface area (Å²) in [5.41, 5.74) is 5.52. The highest BCUT2D eigenvalue weighted by Crippen LogP contribution is 2.12. The molecule has 17 heavy (non-hydrogen) atoms. The Balaban J connectivity index is 3.90. The van der Waals surface area contributed by atoms with Gasteiger partial charge in [0.05, 0.1) is 6.61 Å². The van der Waals surface area contributed by atoms with E-state index in [1.165, 1.54) is 19.4 Å². The number of hydrogen-bond donors (Lipinski definition) is 2. The standard InChI is InChI=1S/C14H32N2O/c1-5-13(6-2)11-16(7-3)10-8-9-14(4,15)12-17/h13,17H,5-12,15H2,1-4H3. The summed E-state index contributed by atoms with van der Waals surface area (Å²) in [6, 6.07) is 0. The zero-order chi connectivity index (χ0) is 13.3. The molecule has 1 unspecified atom stereocenters. The lowest BCUT2D eigenvalue weighted by Crippen LogP contribution is -2.41. The summed E-state index contributed by atoms with van der Waals surface area (Å²) in [4.78, 5) is 2.51. The maximum absolute atomic E-state index is 9.10. The van der Waals surface area contributed by atoms with Gasteiger partial charge < -0.3 is 15.7 Å². The van der Waals surface area contributed by atoms with Crippen molar-refractivity contribution >= 4 is 0 Å². The van der Waals surface area contributed by atoms with Gasteiger partial charge in [-0.1, -0.05) is 33.6 Å². The van der Waals surface area contributed by atoms with Gasteiger partial charge in [0.25, 0.3) is 0 Å². The fraction of sp³-hybridized carbons (Fsp3) is 1.00. The number of nitrogens with zero attached hydrogens (tertiary/aromatic N) is 1. The van der Waals surface area contributed by atoms with Gasteiger partial charge in [-0.3, -0.25) is 0 Å². The van der Waals surface area contributed by atoms with E-state index in [1.807, 2.05) is 6.92 Å². The van der Waals surface area contributed by atoms with Crippen LogP contribution in [0.15, 0.2) is 0 Å². The third-order valence-electron chi connectivity index (χ3n) is 3.70. The molecule has 0 heterocycles. The third-order valence-corrected chi connectivity index (χ3v) is 3.70. The Bertz CT molecular complexity index is 179. The van der Waals surface area contributed by atoms with Crippen molar-refractivity contribution < 1.29 is 5.11 Å². The minimum atomic E-state index is -0.408. The normalized spacial score (nSPS) is 15.5. The van der Waals surface area contributed by atoms with Crippen LogP contribution < -0.4 is 5.73 Å². The first-order chi connectivity index (χ1) is 7.99. The van der Waals surface area contributed by atoms with Crippen LogP contribution in [0.5, 0.6) is 0 Å². The van der Waals surface area contributed by atoms with Gasteiger partial charge in [0.1, 0.15) is 0 Å². The Hall–Kier alpha value is -0.120. The van der Waals surface area contributed by atoms with Crippen molar-refractivity contribution in [1.82, 2.24) is 4.90 Å². The Morgan fingerprint density at radius 2 is 1.82 bits per heavy atom. The highest BCUT2D eigenvalue weighted by atomic mass is 16.3. The van der Waals surface area contributed by atoms with Crippen LogP contribution in [-0.2, 0) is 0 Å². The monoisotopic (exact) mass is 244 g/mol. The lowest BCUT2D eigenvalue weighted by Gasteiger charge is -2.27. The Labute approximate surface area is 107 Å². The van der Waals surface area contributed by atoms with Gasteiger partial charge in [-0.2, -0.15) is 0 Å². The van der Waals surface area contributed by atoms with Gasteiger partial charge >= 0.3 is 0 Å². The molecule has 0 saturated carbocycles. The molecule has 1 atom stereocenters. The molecule has 0 aromatic rings. The zero-order valence-corrected chi connectivity index (χ0v) is 12.2. The van der Waals surface area contributed by atoms with E-state index in [0.29, 0.717) is 0 Å². The summed E-state index contributed by atoms with van der Waals surface area (Å²) in [5, 5.41) is 9.10. The van der Waals surface area contributed by atoms with E-state index in [-0.39, 0.29) is 6.61 Å². The van der Waals surface area contributed by atoms with E-state index >= 15 is 0 Å². The maximum atomic E-state index is 9.10. The minimum Gasteiger partial charge on any atom is -0.394 e. The predicted octanol–water partition coefficient (Wildman–Crippen LogP) is 2.23. The summed E-state index contributed by atoms with van der Waals surface area (Å²) in [7, 11) is 0. The maximum Gasteiger partial charge on any atom is 0.0608 e. The van der Waals surface area contributed by atoms with Crippen LogP contribution in [0.25, 0.3) is 0 Å². The smallest absolute Gasteiger partial charge is 0.0608 e. The summed E-state index contributed by atoms with van der Waals surface area (Å²) in [6.45, 7) is 12.2. The van der Waals surface area contributed by atoms with E-state index in [4.69, 9.17) is 10.8 Å². The molecule has 0 radical (unpaired) electrons. The first kappa shape index (κ1) is 16.9. The second kappa shape index (κ2) is 8.90. The fourth-order valence-corrected chi connectivity index (χ4v) is 2.08. The molecule has 3 N–H and O–H groups in total. The van der Waals surface area contributed by atoms with Crippen molar-refractivity contribution in [1.29, 1.82) is 0 Å². The van der Waals surface area contributed by atoms with Crippen LogP contribution in [0.4, 0.5) is 0 Å². The molecule has 3 heteroatoms. The van der Waals surface area contributed by atoms with Gasteiger partial charge in [0.2, 0.25) is 0 Å². The Kier molecular flexibility index (Phi) is 8.83. The SMILES string of the molecule is CCC(CC)CN(CC)CCCC(C)(N)CO. The molecule has 0 amide bonds. The molecule has 0 aromatic carbocycles. The predicted molar refractivity (Wildman–Crippen MR) is 75.1 cm³/mol. The molecule has 0 aromatic heterocycles. The van der Waals surface area contributed by atoms with Crippen molar-refractivity contribution in [2.45, 2.75) is 58.9 Å². The van der Waals surface area contributed by atoms with Crippen LogP contribution in [-0.4, -0.2) is 41.8 Å². The van der Waals surface area contributed by atoms with E-state index in [0.717, 1.165) is 31.8 Å². The minimum absolute atomic E-state index is 0.0751. The highest BCUT2D eigenvalue weighted by molar-refractivity contribution is 4.77. The number of hydrogen-bond acceptors (Lipinski definition) is 3. The zero-order valence-electron chi connectivity index (χ0n) is 12.2. The number of aliphatic hydroxyl groups excluding tert-OH is 1. The fourth-order valence-electron chi connectivity index (χ4n) is 2.08. The van der Waals surface area contributed by atoms with Gasteiger partial charge in [-0.15, -0.1) is 0 Å². The number of aliphatic hydroxyl groups is 1. The second-order valence-electron chi connectivity index (χ2n) is 5.49. The summed E-state index contributed by atoms with van der Waals surface area (Å²) >= 11 is 0. The average molecular weight is 244 g/mol. The highest BCUT2D eigenvalue weighted by Gasteiger charge is 2.17. The number of nitrogens with two attached hydrogens (primary N) is 1. The van der Waals surface area contributed by atoms with Crippen LogP contribution in [0.3, 0.4) is 0 Å². The van der Waals surface area contributed by atoms with Crippen LogP contribution >= 0.6 is 0 Å². The van der Waals surface area contributed by atoms with Crippen LogP contribution in [0.1, 0.15) is 53.4 Å². The Morgan fingerprint density at radius 1 is 1.24 bits per heavy atom.